The van der Waals surface area contributed by atoms with Gasteiger partial charge in [0.1, 0.15) is 0 Å². The molecule has 0 aromatic heterocycles. The summed E-state index contributed by atoms with van der Waals surface area (Å²) in [5, 5.41) is 0.794. The van der Waals surface area contributed by atoms with Crippen molar-refractivity contribution in [2.24, 2.45) is 0 Å². The van der Waals surface area contributed by atoms with E-state index in [0.717, 1.165) is 5.02 Å². The third kappa shape index (κ3) is 2.73. The molecular formula is C6H6ClNa. The monoisotopic (exact) mass is 136 g/mol. The second-order valence-electron chi connectivity index (χ2n) is 1.30. The summed E-state index contributed by atoms with van der Waals surface area (Å²) < 4.78 is 0. The number of hydrogen-bond donors (Lipinski definition) is 0. The van der Waals surface area contributed by atoms with Crippen LogP contribution in [0.1, 0.15) is 0 Å². The molecule has 0 bridgehead atoms. The second kappa shape index (κ2) is 4.39. The molecule has 0 aliphatic carbocycles. The first-order valence-electron chi connectivity index (χ1n) is 2.10. The van der Waals surface area contributed by atoms with Gasteiger partial charge in [-0.1, -0.05) is 29.8 Å². The molecule has 2 heteroatoms. The molecule has 0 nitrogen and oxygen atoms in total. The average molecular weight is 137 g/mol. The van der Waals surface area contributed by atoms with Gasteiger partial charge in [0.25, 0.3) is 0 Å². The first-order chi connectivity index (χ1) is 3.39. The minimum absolute atomic E-state index is 0. The normalized spacial score (nSPS) is 7.62. The van der Waals surface area contributed by atoms with Gasteiger partial charge < -0.3 is 0 Å². The molecule has 1 aromatic carbocycles. The molecule has 0 aliphatic heterocycles. The van der Waals surface area contributed by atoms with E-state index in [-0.39, 0.29) is 29.6 Å². The van der Waals surface area contributed by atoms with E-state index in [1.54, 1.807) is 0 Å². The van der Waals surface area contributed by atoms with E-state index in [9.17, 15) is 0 Å². The standard InChI is InChI=1S/C6H5Cl.Na.H/c7-6-4-2-1-3-5-6;;/h1-5H;;. The average Bonchev–Trinajstić information content (AvgIpc) is 1.69. The number of rotatable bonds is 0. The van der Waals surface area contributed by atoms with Crippen molar-refractivity contribution < 1.29 is 0 Å². The third-order valence-corrected chi connectivity index (χ3v) is 0.985. The van der Waals surface area contributed by atoms with Crippen LogP contribution >= 0.6 is 11.6 Å². The zero-order chi connectivity index (χ0) is 5.11. The number of halogens is 1. The maximum absolute atomic E-state index is 5.54. The summed E-state index contributed by atoms with van der Waals surface area (Å²) in [4.78, 5) is 0. The molecule has 0 N–H and O–H groups in total. The summed E-state index contributed by atoms with van der Waals surface area (Å²) in [6.07, 6.45) is 0. The molecule has 0 fully saturated rings. The summed E-state index contributed by atoms with van der Waals surface area (Å²) in [5.74, 6) is 0. The summed E-state index contributed by atoms with van der Waals surface area (Å²) in [6, 6.07) is 9.44. The van der Waals surface area contributed by atoms with Crippen LogP contribution in [-0.4, -0.2) is 29.6 Å². The molecule has 0 saturated heterocycles. The van der Waals surface area contributed by atoms with Crippen molar-refractivity contribution in [3.05, 3.63) is 35.4 Å². The van der Waals surface area contributed by atoms with Crippen LogP contribution in [0.15, 0.2) is 30.3 Å². The van der Waals surface area contributed by atoms with Crippen molar-refractivity contribution in [3.8, 4) is 0 Å². The summed E-state index contributed by atoms with van der Waals surface area (Å²) >= 11 is 5.54. The molecule has 38 valence electrons. The molecule has 0 aliphatic rings. The van der Waals surface area contributed by atoms with Crippen LogP contribution in [-0.2, 0) is 0 Å². The Balaban J connectivity index is 0.000000490. The Hall–Kier alpha value is 0.510. The Kier molecular flexibility index (Phi) is 4.68. The van der Waals surface area contributed by atoms with Gasteiger partial charge in [0.05, 0.1) is 0 Å². The van der Waals surface area contributed by atoms with E-state index in [1.165, 1.54) is 0 Å². The first-order valence-corrected chi connectivity index (χ1v) is 2.48. The molecule has 0 atom stereocenters. The third-order valence-electron chi connectivity index (χ3n) is 0.733. The van der Waals surface area contributed by atoms with E-state index in [1.807, 2.05) is 30.3 Å². The van der Waals surface area contributed by atoms with E-state index in [0.29, 0.717) is 0 Å². The van der Waals surface area contributed by atoms with Gasteiger partial charge in [0, 0.05) is 5.02 Å². The maximum atomic E-state index is 5.54. The SMILES string of the molecule is Clc1ccccc1.[NaH]. The van der Waals surface area contributed by atoms with E-state index < -0.39 is 0 Å². The van der Waals surface area contributed by atoms with Gasteiger partial charge >= 0.3 is 29.6 Å². The molecule has 1 rings (SSSR count). The van der Waals surface area contributed by atoms with Gasteiger partial charge in [-0.05, 0) is 12.1 Å². The molecule has 0 radical (unpaired) electrons. The zero-order valence-electron chi connectivity index (χ0n) is 3.76. The summed E-state index contributed by atoms with van der Waals surface area (Å²) in [7, 11) is 0. The van der Waals surface area contributed by atoms with Gasteiger partial charge in [-0.3, -0.25) is 0 Å². The van der Waals surface area contributed by atoms with Gasteiger partial charge in [-0.2, -0.15) is 0 Å². The van der Waals surface area contributed by atoms with Crippen LogP contribution in [0.2, 0.25) is 5.02 Å². The topological polar surface area (TPSA) is 0 Å². The molecule has 0 spiro atoms. The minimum atomic E-state index is 0. The molecule has 0 unspecified atom stereocenters. The van der Waals surface area contributed by atoms with Gasteiger partial charge in [0.15, 0.2) is 0 Å². The molecule has 8 heavy (non-hydrogen) atoms. The van der Waals surface area contributed by atoms with Gasteiger partial charge in [-0.15, -0.1) is 0 Å². The molecule has 0 heterocycles. The Labute approximate surface area is 76.1 Å². The van der Waals surface area contributed by atoms with Crippen LogP contribution in [0.25, 0.3) is 0 Å². The summed E-state index contributed by atoms with van der Waals surface area (Å²) in [5.41, 5.74) is 0. The second-order valence-corrected chi connectivity index (χ2v) is 1.73. The van der Waals surface area contributed by atoms with E-state index >= 15 is 0 Å². The van der Waals surface area contributed by atoms with Crippen molar-refractivity contribution >= 4 is 41.2 Å². The van der Waals surface area contributed by atoms with E-state index in [4.69, 9.17) is 11.6 Å². The fourth-order valence-corrected chi connectivity index (χ4v) is 0.560. The Morgan fingerprint density at radius 1 is 1.00 bits per heavy atom. The predicted octanol–water partition coefficient (Wildman–Crippen LogP) is 1.69. The fraction of sp³-hybridized carbons (Fsp3) is 0. The van der Waals surface area contributed by atoms with Crippen molar-refractivity contribution in [1.82, 2.24) is 0 Å². The Morgan fingerprint density at radius 2 is 1.50 bits per heavy atom. The molecular weight excluding hydrogens is 131 g/mol. The Bertz CT molecular complexity index is 138. The van der Waals surface area contributed by atoms with Crippen LogP contribution in [0.3, 0.4) is 0 Å². The molecule has 0 amide bonds. The first kappa shape index (κ1) is 8.51. The van der Waals surface area contributed by atoms with Crippen LogP contribution in [0.5, 0.6) is 0 Å². The number of benzene rings is 1. The van der Waals surface area contributed by atoms with Crippen LogP contribution < -0.4 is 0 Å². The van der Waals surface area contributed by atoms with Gasteiger partial charge in [0.2, 0.25) is 0 Å². The van der Waals surface area contributed by atoms with Crippen molar-refractivity contribution in [2.75, 3.05) is 0 Å². The van der Waals surface area contributed by atoms with Crippen LogP contribution in [0.4, 0.5) is 0 Å². The fourth-order valence-electron chi connectivity index (χ4n) is 0.415. The molecule has 1 aromatic rings. The van der Waals surface area contributed by atoms with Crippen molar-refractivity contribution in [2.45, 2.75) is 0 Å². The van der Waals surface area contributed by atoms with Crippen molar-refractivity contribution in [3.63, 3.8) is 0 Å². The van der Waals surface area contributed by atoms with E-state index in [2.05, 4.69) is 0 Å². The quantitative estimate of drug-likeness (QED) is 0.476. The molecule has 0 saturated carbocycles. The van der Waals surface area contributed by atoms with Gasteiger partial charge in [-0.25, -0.2) is 0 Å². The predicted molar refractivity (Wildman–Crippen MR) is 38.6 cm³/mol. The summed E-state index contributed by atoms with van der Waals surface area (Å²) in [6.45, 7) is 0. The number of hydrogen-bond acceptors (Lipinski definition) is 0. The Morgan fingerprint density at radius 3 is 1.75 bits per heavy atom. The van der Waals surface area contributed by atoms with Crippen LogP contribution in [0, 0.1) is 0 Å². The van der Waals surface area contributed by atoms with Crippen molar-refractivity contribution in [1.29, 1.82) is 0 Å². The zero-order valence-corrected chi connectivity index (χ0v) is 4.52.